The molecule has 0 fully saturated rings. The van der Waals surface area contributed by atoms with Gasteiger partial charge in [-0.25, -0.2) is 0 Å². The second-order valence-electron chi connectivity index (χ2n) is 1.70. The summed E-state index contributed by atoms with van der Waals surface area (Å²) in [6, 6.07) is 0. The summed E-state index contributed by atoms with van der Waals surface area (Å²) in [5.41, 5.74) is 2.63. The highest BCUT2D eigenvalue weighted by atomic mass is 35.5. The second-order valence-corrected chi connectivity index (χ2v) is 1.91. The van der Waals surface area contributed by atoms with Gasteiger partial charge in [-0.05, 0) is 6.08 Å². The van der Waals surface area contributed by atoms with Crippen LogP contribution in [-0.2, 0) is 0 Å². The predicted molar refractivity (Wildman–Crippen MR) is 39.9 cm³/mol. The van der Waals surface area contributed by atoms with Crippen LogP contribution in [0.3, 0.4) is 0 Å². The average molecular weight is 140 g/mol. The van der Waals surface area contributed by atoms with E-state index >= 15 is 0 Å². The molecule has 0 aromatic carbocycles. The van der Waals surface area contributed by atoms with Crippen LogP contribution < -0.4 is 0 Å². The van der Waals surface area contributed by atoms with Crippen molar-refractivity contribution in [3.05, 3.63) is 35.4 Å². The predicted octanol–water partition coefficient (Wildman–Crippen LogP) is 2.25. The van der Waals surface area contributed by atoms with Gasteiger partial charge < -0.3 is 5.41 Å². The maximum atomic E-state index is 7.26. The Balaban J connectivity index is 2.91. The lowest BCUT2D eigenvalue weighted by atomic mass is 10.1. The number of hydrogen-bond acceptors (Lipinski definition) is 1. The molecule has 46 valence electrons. The van der Waals surface area contributed by atoms with Crippen molar-refractivity contribution in [3.63, 3.8) is 0 Å². The van der Waals surface area contributed by atoms with Gasteiger partial charge in [-0.15, -0.1) is 0 Å². The molecule has 1 aliphatic carbocycles. The monoisotopic (exact) mass is 139 g/mol. The molecule has 0 aromatic heterocycles. The van der Waals surface area contributed by atoms with E-state index in [1.165, 1.54) is 5.54 Å². The van der Waals surface area contributed by atoms with Crippen molar-refractivity contribution in [1.82, 2.24) is 0 Å². The highest BCUT2D eigenvalue weighted by Gasteiger charge is 1.97. The fraction of sp³-hybridized carbons (Fsp3) is 0. The van der Waals surface area contributed by atoms with Crippen LogP contribution >= 0.6 is 11.6 Å². The topological polar surface area (TPSA) is 23.9 Å². The van der Waals surface area contributed by atoms with Crippen molar-refractivity contribution in [2.45, 2.75) is 0 Å². The molecule has 0 atom stereocenters. The minimum absolute atomic E-state index is 0.465. The van der Waals surface area contributed by atoms with E-state index in [1.807, 2.05) is 12.2 Å². The molecule has 0 heterocycles. The molecule has 0 spiro atoms. The maximum Gasteiger partial charge on any atom is 0.0621 e. The normalized spacial score (nSPS) is 21.4. The summed E-state index contributed by atoms with van der Waals surface area (Å²) in [7, 11) is 0. The minimum atomic E-state index is 0.465. The smallest absolute Gasteiger partial charge is 0.0621 e. The van der Waals surface area contributed by atoms with Crippen molar-refractivity contribution in [2.24, 2.45) is 0 Å². The van der Waals surface area contributed by atoms with E-state index in [9.17, 15) is 0 Å². The lowest BCUT2D eigenvalue weighted by molar-refractivity contribution is 1.50. The standard InChI is InChI=1S/C7H6ClN/c8-5-6-3-1-2-4-7(6)9/h1-5,9H/b6-5+,9-7?. The molecule has 0 radical (unpaired) electrons. The summed E-state index contributed by atoms with van der Waals surface area (Å²) < 4.78 is 0. The van der Waals surface area contributed by atoms with Gasteiger partial charge in [-0.2, -0.15) is 0 Å². The van der Waals surface area contributed by atoms with E-state index in [2.05, 4.69) is 0 Å². The Labute approximate surface area is 58.8 Å². The highest BCUT2D eigenvalue weighted by molar-refractivity contribution is 6.29. The number of nitrogens with one attached hydrogen (secondary N) is 1. The van der Waals surface area contributed by atoms with E-state index in [1.54, 1.807) is 12.2 Å². The van der Waals surface area contributed by atoms with Crippen molar-refractivity contribution in [2.75, 3.05) is 0 Å². The number of hydrogen-bond donors (Lipinski definition) is 1. The summed E-state index contributed by atoms with van der Waals surface area (Å²) in [4.78, 5) is 0. The first-order valence-corrected chi connectivity index (χ1v) is 3.02. The molecular weight excluding hydrogens is 134 g/mol. The van der Waals surface area contributed by atoms with Gasteiger partial charge in [0.2, 0.25) is 0 Å². The number of allylic oxidation sites excluding steroid dienone is 5. The van der Waals surface area contributed by atoms with E-state index in [-0.39, 0.29) is 0 Å². The van der Waals surface area contributed by atoms with Crippen LogP contribution in [0.2, 0.25) is 0 Å². The van der Waals surface area contributed by atoms with Crippen LogP contribution in [0.1, 0.15) is 0 Å². The summed E-state index contributed by atoms with van der Waals surface area (Å²) in [5.74, 6) is 0. The van der Waals surface area contributed by atoms with Crippen LogP contribution in [0.25, 0.3) is 0 Å². The summed E-state index contributed by atoms with van der Waals surface area (Å²) in [5, 5.41) is 7.26. The Morgan fingerprint density at radius 1 is 1.33 bits per heavy atom. The first-order valence-electron chi connectivity index (χ1n) is 2.58. The summed E-state index contributed by atoms with van der Waals surface area (Å²) >= 11 is 5.39. The molecule has 9 heavy (non-hydrogen) atoms. The zero-order valence-electron chi connectivity index (χ0n) is 4.76. The Bertz CT molecular complexity index is 211. The summed E-state index contributed by atoms with van der Waals surface area (Å²) in [6.45, 7) is 0. The van der Waals surface area contributed by atoms with Crippen LogP contribution in [0.4, 0.5) is 0 Å². The van der Waals surface area contributed by atoms with E-state index in [4.69, 9.17) is 17.0 Å². The van der Waals surface area contributed by atoms with Crippen molar-refractivity contribution in [1.29, 1.82) is 5.41 Å². The molecule has 1 N–H and O–H groups in total. The first kappa shape index (κ1) is 6.30. The van der Waals surface area contributed by atoms with E-state index in [0.717, 1.165) is 5.57 Å². The quantitative estimate of drug-likeness (QED) is 0.532. The van der Waals surface area contributed by atoms with Crippen LogP contribution in [0, 0.1) is 5.41 Å². The van der Waals surface area contributed by atoms with Gasteiger partial charge in [-0.1, -0.05) is 29.8 Å². The lowest BCUT2D eigenvalue weighted by Crippen LogP contribution is -1.95. The molecule has 0 aromatic rings. The zero-order chi connectivity index (χ0) is 6.69. The summed E-state index contributed by atoms with van der Waals surface area (Å²) in [6.07, 6.45) is 7.17. The molecule has 1 nitrogen and oxygen atoms in total. The second kappa shape index (κ2) is 2.65. The van der Waals surface area contributed by atoms with Gasteiger partial charge in [-0.3, -0.25) is 0 Å². The Morgan fingerprint density at radius 2 is 2.00 bits per heavy atom. The SMILES string of the molecule is N=C1C=CC=C/C1=C\Cl. The molecule has 1 aliphatic rings. The third-order valence-electron chi connectivity index (χ3n) is 1.08. The molecular formula is C7H6ClN. The van der Waals surface area contributed by atoms with Crippen LogP contribution in [0.5, 0.6) is 0 Å². The van der Waals surface area contributed by atoms with Crippen molar-refractivity contribution in [3.8, 4) is 0 Å². The van der Waals surface area contributed by atoms with E-state index < -0.39 is 0 Å². The van der Waals surface area contributed by atoms with Gasteiger partial charge in [0.1, 0.15) is 0 Å². The van der Waals surface area contributed by atoms with Crippen molar-refractivity contribution >= 4 is 17.3 Å². The molecule has 0 amide bonds. The fourth-order valence-electron chi connectivity index (χ4n) is 0.592. The largest absolute Gasteiger partial charge is 0.300 e. The van der Waals surface area contributed by atoms with Gasteiger partial charge >= 0.3 is 0 Å². The molecule has 0 unspecified atom stereocenters. The maximum absolute atomic E-state index is 7.26. The highest BCUT2D eigenvalue weighted by Crippen LogP contribution is 2.06. The molecule has 0 aliphatic heterocycles. The van der Waals surface area contributed by atoms with Crippen LogP contribution in [0.15, 0.2) is 35.4 Å². The number of rotatable bonds is 0. The molecule has 1 rings (SSSR count). The van der Waals surface area contributed by atoms with Gasteiger partial charge in [0, 0.05) is 11.1 Å². The van der Waals surface area contributed by atoms with Gasteiger partial charge in [0.25, 0.3) is 0 Å². The first-order chi connectivity index (χ1) is 4.34. The molecule has 0 saturated carbocycles. The van der Waals surface area contributed by atoms with Gasteiger partial charge in [0.15, 0.2) is 0 Å². The Hall–Kier alpha value is -0.820. The Kier molecular flexibility index (Phi) is 1.85. The zero-order valence-corrected chi connectivity index (χ0v) is 5.52. The molecule has 2 heteroatoms. The fourth-order valence-corrected chi connectivity index (χ4v) is 0.782. The average Bonchev–Trinajstić information content (AvgIpc) is 1.89. The van der Waals surface area contributed by atoms with Crippen LogP contribution in [-0.4, -0.2) is 5.71 Å². The third-order valence-corrected chi connectivity index (χ3v) is 1.31. The number of halogens is 1. The van der Waals surface area contributed by atoms with E-state index in [0.29, 0.717) is 5.71 Å². The Morgan fingerprint density at radius 3 is 2.44 bits per heavy atom. The molecule has 0 bridgehead atoms. The molecule has 0 saturated heterocycles. The van der Waals surface area contributed by atoms with Crippen molar-refractivity contribution < 1.29 is 0 Å². The van der Waals surface area contributed by atoms with Gasteiger partial charge in [0.05, 0.1) is 5.71 Å². The lowest BCUT2D eigenvalue weighted by Gasteiger charge is -1.99. The minimum Gasteiger partial charge on any atom is -0.300 e. The third kappa shape index (κ3) is 1.30.